The highest BCUT2D eigenvalue weighted by molar-refractivity contribution is 7.89. The smallest absolute Gasteiger partial charge is 0.244 e. The lowest BCUT2D eigenvalue weighted by Crippen LogP contribution is -2.42. The Morgan fingerprint density at radius 3 is 2.52 bits per heavy atom. The molecular formula is C13H24N2O5S. The molecule has 0 aliphatic heterocycles. The highest BCUT2D eigenvalue weighted by Crippen LogP contribution is 2.20. The van der Waals surface area contributed by atoms with Crippen molar-refractivity contribution in [2.45, 2.75) is 24.5 Å². The molecule has 1 N–H and O–H groups in total. The predicted molar refractivity (Wildman–Crippen MR) is 78.4 cm³/mol. The van der Waals surface area contributed by atoms with Crippen molar-refractivity contribution in [3.63, 3.8) is 0 Å². The fourth-order valence-electron chi connectivity index (χ4n) is 2.09. The van der Waals surface area contributed by atoms with E-state index in [1.54, 1.807) is 18.5 Å². The third-order valence-corrected chi connectivity index (χ3v) is 5.25. The van der Waals surface area contributed by atoms with E-state index >= 15 is 0 Å². The number of aliphatic hydroxyl groups excluding tert-OH is 1. The van der Waals surface area contributed by atoms with E-state index in [1.165, 1.54) is 30.8 Å². The molecule has 1 atom stereocenters. The van der Waals surface area contributed by atoms with E-state index in [-0.39, 0.29) is 24.1 Å². The van der Waals surface area contributed by atoms with E-state index in [0.29, 0.717) is 18.9 Å². The summed E-state index contributed by atoms with van der Waals surface area (Å²) in [4.78, 5) is 0.160. The lowest BCUT2D eigenvalue weighted by Gasteiger charge is -2.27. The van der Waals surface area contributed by atoms with E-state index in [4.69, 9.17) is 9.47 Å². The molecule has 0 aliphatic carbocycles. The molecular weight excluding hydrogens is 296 g/mol. The van der Waals surface area contributed by atoms with Crippen molar-refractivity contribution in [2.75, 3.05) is 34.0 Å². The van der Waals surface area contributed by atoms with Crippen molar-refractivity contribution in [2.24, 2.45) is 7.05 Å². The molecule has 1 rings (SSSR count). The largest absolute Gasteiger partial charge is 0.390 e. The van der Waals surface area contributed by atoms with Gasteiger partial charge in [-0.2, -0.15) is 4.31 Å². The summed E-state index contributed by atoms with van der Waals surface area (Å²) in [6.45, 7) is 2.41. The first-order chi connectivity index (χ1) is 9.88. The summed E-state index contributed by atoms with van der Waals surface area (Å²) in [5.41, 5.74) is 0.541. The van der Waals surface area contributed by atoms with E-state index in [1.807, 2.05) is 0 Å². The first kappa shape index (κ1) is 18.1. The maximum atomic E-state index is 12.8. The summed E-state index contributed by atoms with van der Waals surface area (Å²) < 4.78 is 38.5. The third kappa shape index (κ3) is 4.27. The maximum Gasteiger partial charge on any atom is 0.244 e. The van der Waals surface area contributed by atoms with Crippen molar-refractivity contribution >= 4 is 10.0 Å². The van der Waals surface area contributed by atoms with Crippen LogP contribution in [0.15, 0.2) is 17.2 Å². The minimum Gasteiger partial charge on any atom is -0.390 e. The molecule has 0 saturated carbocycles. The quantitative estimate of drug-likeness (QED) is 0.702. The number of ether oxygens (including phenoxy) is 2. The minimum absolute atomic E-state index is 0.160. The Morgan fingerprint density at radius 1 is 1.38 bits per heavy atom. The zero-order chi connectivity index (χ0) is 16.0. The van der Waals surface area contributed by atoms with Crippen LogP contribution in [0, 0.1) is 0 Å². The molecule has 0 aliphatic rings. The molecule has 0 fully saturated rings. The zero-order valence-electron chi connectivity index (χ0n) is 12.9. The molecule has 7 nitrogen and oxygen atoms in total. The van der Waals surface area contributed by atoms with Crippen molar-refractivity contribution in [3.05, 3.63) is 18.0 Å². The Labute approximate surface area is 126 Å². The second kappa shape index (κ2) is 7.90. The van der Waals surface area contributed by atoms with Gasteiger partial charge in [-0.3, -0.25) is 0 Å². The average Bonchev–Trinajstić information content (AvgIpc) is 2.81. The van der Waals surface area contributed by atoms with Gasteiger partial charge in [0.25, 0.3) is 0 Å². The van der Waals surface area contributed by atoms with Gasteiger partial charge in [0.15, 0.2) is 0 Å². The number of aliphatic hydroxyl groups is 1. The van der Waals surface area contributed by atoms with Crippen molar-refractivity contribution in [1.29, 1.82) is 0 Å². The second-order valence-electron chi connectivity index (χ2n) is 4.85. The number of sulfonamides is 1. The molecule has 0 saturated heterocycles. The van der Waals surface area contributed by atoms with Crippen molar-refractivity contribution in [3.8, 4) is 0 Å². The average molecular weight is 320 g/mol. The van der Waals surface area contributed by atoms with Gasteiger partial charge in [0.1, 0.15) is 4.90 Å². The van der Waals surface area contributed by atoms with Crippen LogP contribution in [0.2, 0.25) is 0 Å². The first-order valence-corrected chi connectivity index (χ1v) is 8.08. The fourth-order valence-corrected chi connectivity index (χ4v) is 3.79. The number of aryl methyl sites for hydroxylation is 1. The van der Waals surface area contributed by atoms with E-state index in [9.17, 15) is 13.5 Å². The van der Waals surface area contributed by atoms with Crippen LogP contribution in [0.1, 0.15) is 12.6 Å². The number of aromatic nitrogens is 1. The summed E-state index contributed by atoms with van der Waals surface area (Å²) in [5.74, 6) is 0. The molecule has 0 aromatic carbocycles. The Morgan fingerprint density at radius 2 is 2.05 bits per heavy atom. The molecule has 0 radical (unpaired) electrons. The monoisotopic (exact) mass is 320 g/mol. The SMILES string of the molecule is COCCN(C(C)COC)S(=O)(=O)c1cc(CO)n(C)c1. The van der Waals surface area contributed by atoms with Gasteiger partial charge in [0, 0.05) is 45.7 Å². The van der Waals surface area contributed by atoms with Crippen LogP contribution in [0.5, 0.6) is 0 Å². The molecule has 1 aromatic heterocycles. The molecule has 0 amide bonds. The fraction of sp³-hybridized carbons (Fsp3) is 0.692. The van der Waals surface area contributed by atoms with Gasteiger partial charge in [-0.25, -0.2) is 8.42 Å². The summed E-state index contributed by atoms with van der Waals surface area (Å²) in [5, 5.41) is 9.20. The number of hydrogen-bond donors (Lipinski definition) is 1. The van der Waals surface area contributed by atoms with E-state index in [0.717, 1.165) is 0 Å². The van der Waals surface area contributed by atoms with Crippen molar-refractivity contribution in [1.82, 2.24) is 8.87 Å². The molecule has 0 spiro atoms. The third-order valence-electron chi connectivity index (χ3n) is 3.27. The Hall–Kier alpha value is -0.930. The van der Waals surface area contributed by atoms with Crippen molar-refractivity contribution < 1.29 is 23.0 Å². The molecule has 21 heavy (non-hydrogen) atoms. The molecule has 0 bridgehead atoms. The maximum absolute atomic E-state index is 12.8. The van der Waals surface area contributed by atoms with Gasteiger partial charge in [-0.05, 0) is 13.0 Å². The number of rotatable bonds is 9. The van der Waals surface area contributed by atoms with Crippen LogP contribution in [0.4, 0.5) is 0 Å². The highest BCUT2D eigenvalue weighted by Gasteiger charge is 2.30. The molecule has 1 aromatic rings. The molecule has 8 heteroatoms. The number of hydrogen-bond acceptors (Lipinski definition) is 5. The van der Waals surface area contributed by atoms with Gasteiger partial charge in [0.2, 0.25) is 10.0 Å². The highest BCUT2D eigenvalue weighted by atomic mass is 32.2. The summed E-state index contributed by atoms with van der Waals surface area (Å²) >= 11 is 0. The standard InChI is InChI=1S/C13H24N2O5S/c1-11(10-20-4)15(5-6-19-3)21(17,18)13-7-12(9-16)14(2)8-13/h7-8,11,16H,5-6,9-10H2,1-4H3. The summed E-state index contributed by atoms with van der Waals surface area (Å²) in [7, 11) is 1.09. The van der Waals surface area contributed by atoms with Gasteiger partial charge >= 0.3 is 0 Å². The predicted octanol–water partition coefficient (Wildman–Crippen LogP) is 0.189. The van der Waals surface area contributed by atoms with Crippen LogP contribution >= 0.6 is 0 Å². The molecule has 1 unspecified atom stereocenters. The number of methoxy groups -OCH3 is 2. The van der Waals surface area contributed by atoms with Crippen LogP contribution in [-0.2, 0) is 33.2 Å². The normalized spacial score (nSPS) is 13.8. The van der Waals surface area contributed by atoms with Crippen LogP contribution in [-0.4, -0.2) is 62.4 Å². The van der Waals surface area contributed by atoms with Gasteiger partial charge in [0.05, 0.1) is 19.8 Å². The van der Waals surface area contributed by atoms with Gasteiger partial charge < -0.3 is 19.1 Å². The molecule has 122 valence electrons. The van der Waals surface area contributed by atoms with E-state index < -0.39 is 10.0 Å². The summed E-state index contributed by atoms with van der Waals surface area (Å²) in [6, 6.07) is 1.17. The Kier molecular flexibility index (Phi) is 6.82. The minimum atomic E-state index is -3.67. The van der Waals surface area contributed by atoms with Crippen LogP contribution in [0.3, 0.4) is 0 Å². The lowest BCUT2D eigenvalue weighted by molar-refractivity contribution is 0.119. The zero-order valence-corrected chi connectivity index (χ0v) is 13.8. The molecule has 1 heterocycles. The first-order valence-electron chi connectivity index (χ1n) is 6.64. The number of nitrogens with zero attached hydrogens (tertiary/aromatic N) is 2. The Bertz CT molecular complexity index is 541. The van der Waals surface area contributed by atoms with Gasteiger partial charge in [-0.15, -0.1) is 0 Å². The van der Waals surface area contributed by atoms with Gasteiger partial charge in [-0.1, -0.05) is 0 Å². The van der Waals surface area contributed by atoms with E-state index in [2.05, 4.69) is 0 Å². The topological polar surface area (TPSA) is 81.0 Å². The summed E-state index contributed by atoms with van der Waals surface area (Å²) in [6.07, 6.45) is 1.50. The second-order valence-corrected chi connectivity index (χ2v) is 6.74. The Balaban J connectivity index is 3.12. The van der Waals surface area contributed by atoms with Crippen LogP contribution < -0.4 is 0 Å². The van der Waals surface area contributed by atoms with Crippen LogP contribution in [0.25, 0.3) is 0 Å². The lowest BCUT2D eigenvalue weighted by atomic mass is 10.3.